The van der Waals surface area contributed by atoms with E-state index in [9.17, 15) is 0 Å². The Bertz CT molecular complexity index is 309. The quantitative estimate of drug-likeness (QED) is 0.343. The van der Waals surface area contributed by atoms with Crippen molar-refractivity contribution in [3.63, 3.8) is 0 Å². The van der Waals surface area contributed by atoms with Crippen LogP contribution in [0.25, 0.3) is 0 Å². The maximum absolute atomic E-state index is 8.39. The number of nitrogens with one attached hydrogen (secondary N) is 1. The molecule has 0 unspecified atom stereocenters. The molecule has 7 heteroatoms. The molecular formula is C7H13N5O2. The van der Waals surface area contributed by atoms with Crippen LogP contribution in [0.2, 0.25) is 0 Å². The highest BCUT2D eigenvalue weighted by Crippen LogP contribution is 2.08. The molecule has 0 saturated carbocycles. The second kappa shape index (κ2) is 5.20. The Labute approximate surface area is 81.1 Å². The third kappa shape index (κ3) is 3.04. The van der Waals surface area contributed by atoms with Crippen molar-refractivity contribution in [3.8, 4) is 0 Å². The number of nitrogens with zero attached hydrogens (tertiary/aromatic N) is 3. The number of aromatic nitrogens is 2. The van der Waals surface area contributed by atoms with Gasteiger partial charge in [-0.05, 0) is 0 Å². The molecule has 0 aliphatic heterocycles. The van der Waals surface area contributed by atoms with Crippen molar-refractivity contribution >= 4 is 11.6 Å². The predicted octanol–water partition coefficient (Wildman–Crippen LogP) is -0.545. The van der Waals surface area contributed by atoms with Gasteiger partial charge in [-0.3, -0.25) is 9.89 Å². The van der Waals surface area contributed by atoms with Crippen LogP contribution in [0.15, 0.2) is 17.4 Å². The highest BCUT2D eigenvalue weighted by Gasteiger charge is 1.97. The van der Waals surface area contributed by atoms with Gasteiger partial charge in [-0.1, -0.05) is 0 Å². The van der Waals surface area contributed by atoms with Crippen LogP contribution in [0, 0.1) is 0 Å². The largest absolute Gasteiger partial charge is 0.383 e. The van der Waals surface area contributed by atoms with Crippen molar-refractivity contribution in [3.05, 3.63) is 12.4 Å². The number of methoxy groups -OCH3 is 1. The number of nitrogens with two attached hydrogens (primary N) is 1. The molecule has 1 rings (SSSR count). The van der Waals surface area contributed by atoms with Gasteiger partial charge in [0.1, 0.15) is 5.69 Å². The van der Waals surface area contributed by atoms with E-state index in [1.54, 1.807) is 29.7 Å². The standard InChI is InChI=1S/C7H13N5O2/c1-14-3-2-12-5-6(4-9-12)10-7(8)11-13/h4-5,13H,2-3H2,1H3,(H3,8,10,11). The van der Waals surface area contributed by atoms with Crippen molar-refractivity contribution in [2.45, 2.75) is 6.54 Å². The van der Waals surface area contributed by atoms with Crippen LogP contribution in [0.5, 0.6) is 0 Å². The number of hydrogen-bond acceptors (Lipinski definition) is 4. The predicted molar refractivity (Wildman–Crippen MR) is 50.3 cm³/mol. The number of rotatable bonds is 4. The van der Waals surface area contributed by atoms with Crippen molar-refractivity contribution in [2.75, 3.05) is 13.7 Å². The first kappa shape index (κ1) is 10.5. The minimum absolute atomic E-state index is 0.0729. The second-order valence-electron chi connectivity index (χ2n) is 2.56. The van der Waals surface area contributed by atoms with E-state index in [-0.39, 0.29) is 5.96 Å². The van der Waals surface area contributed by atoms with Gasteiger partial charge < -0.3 is 10.5 Å². The van der Waals surface area contributed by atoms with E-state index in [0.29, 0.717) is 18.8 Å². The fraction of sp³-hybridized carbons (Fsp3) is 0.429. The fourth-order valence-electron chi connectivity index (χ4n) is 0.882. The highest BCUT2D eigenvalue weighted by molar-refractivity contribution is 5.79. The van der Waals surface area contributed by atoms with Gasteiger partial charge in [-0.25, -0.2) is 10.5 Å². The zero-order chi connectivity index (χ0) is 10.4. The average Bonchev–Trinajstić information content (AvgIpc) is 2.62. The Balaban J connectivity index is 2.59. The van der Waals surface area contributed by atoms with Crippen molar-refractivity contribution in [1.82, 2.24) is 15.3 Å². The van der Waals surface area contributed by atoms with Crippen LogP contribution < -0.4 is 11.2 Å². The van der Waals surface area contributed by atoms with E-state index < -0.39 is 0 Å². The van der Waals surface area contributed by atoms with E-state index in [1.807, 2.05) is 0 Å². The summed E-state index contributed by atoms with van der Waals surface area (Å²) >= 11 is 0. The third-order valence-electron chi connectivity index (χ3n) is 1.51. The van der Waals surface area contributed by atoms with Crippen LogP contribution in [-0.2, 0) is 11.3 Å². The van der Waals surface area contributed by atoms with Crippen LogP contribution in [0.4, 0.5) is 5.69 Å². The number of hydroxylamine groups is 1. The number of ether oxygens (including phenoxy) is 1. The molecule has 14 heavy (non-hydrogen) atoms. The topological polar surface area (TPSA) is 97.7 Å². The molecule has 0 radical (unpaired) electrons. The molecular weight excluding hydrogens is 186 g/mol. The summed E-state index contributed by atoms with van der Waals surface area (Å²) in [5, 5.41) is 12.4. The van der Waals surface area contributed by atoms with E-state index in [2.05, 4.69) is 10.1 Å². The summed E-state index contributed by atoms with van der Waals surface area (Å²) in [6.45, 7) is 1.23. The lowest BCUT2D eigenvalue weighted by atomic mass is 10.6. The molecule has 0 aromatic carbocycles. The van der Waals surface area contributed by atoms with E-state index in [1.165, 1.54) is 0 Å². The summed E-state index contributed by atoms with van der Waals surface area (Å²) in [4.78, 5) is 3.82. The van der Waals surface area contributed by atoms with Crippen LogP contribution in [-0.4, -0.2) is 34.7 Å². The maximum atomic E-state index is 8.39. The van der Waals surface area contributed by atoms with Gasteiger partial charge in [0, 0.05) is 7.11 Å². The van der Waals surface area contributed by atoms with Gasteiger partial charge in [0.05, 0.1) is 25.5 Å². The first-order chi connectivity index (χ1) is 6.76. The van der Waals surface area contributed by atoms with E-state index >= 15 is 0 Å². The monoisotopic (exact) mass is 199 g/mol. The van der Waals surface area contributed by atoms with Gasteiger partial charge in [-0.2, -0.15) is 5.10 Å². The highest BCUT2D eigenvalue weighted by atomic mass is 16.5. The number of hydrogen-bond donors (Lipinski definition) is 3. The Hall–Kier alpha value is -1.60. The number of guanidine groups is 1. The minimum Gasteiger partial charge on any atom is -0.383 e. The smallest absolute Gasteiger partial charge is 0.218 e. The van der Waals surface area contributed by atoms with Gasteiger partial charge >= 0.3 is 0 Å². The molecule has 0 amide bonds. The van der Waals surface area contributed by atoms with Crippen molar-refractivity contribution in [2.24, 2.45) is 10.7 Å². The minimum atomic E-state index is -0.0729. The second-order valence-corrected chi connectivity index (χ2v) is 2.56. The molecule has 1 aromatic rings. The molecule has 0 saturated heterocycles. The van der Waals surface area contributed by atoms with Crippen LogP contribution >= 0.6 is 0 Å². The summed E-state index contributed by atoms with van der Waals surface area (Å²) in [6.07, 6.45) is 3.24. The maximum Gasteiger partial charge on any atom is 0.218 e. The molecule has 1 aromatic heterocycles. The van der Waals surface area contributed by atoms with Crippen molar-refractivity contribution in [1.29, 1.82) is 0 Å². The zero-order valence-corrected chi connectivity index (χ0v) is 7.84. The SMILES string of the molecule is COCCn1cc(N=C(N)NO)cn1. The summed E-state index contributed by atoms with van der Waals surface area (Å²) in [7, 11) is 1.62. The average molecular weight is 199 g/mol. The Kier molecular flexibility index (Phi) is 3.89. The molecule has 0 atom stereocenters. The first-order valence-electron chi connectivity index (χ1n) is 4.02. The Morgan fingerprint density at radius 1 is 1.86 bits per heavy atom. The summed E-state index contributed by atoms with van der Waals surface area (Å²) in [5.74, 6) is -0.0729. The normalized spacial score (nSPS) is 11.7. The van der Waals surface area contributed by atoms with E-state index in [0.717, 1.165) is 0 Å². The Morgan fingerprint density at radius 3 is 3.29 bits per heavy atom. The Morgan fingerprint density at radius 2 is 2.64 bits per heavy atom. The lowest BCUT2D eigenvalue weighted by molar-refractivity contribution is 0.183. The van der Waals surface area contributed by atoms with Gasteiger partial charge in [0.2, 0.25) is 5.96 Å². The molecule has 1 heterocycles. The number of aliphatic imine (C=N–C) groups is 1. The van der Waals surface area contributed by atoms with Gasteiger partial charge in [0.25, 0.3) is 0 Å². The summed E-state index contributed by atoms with van der Waals surface area (Å²) < 4.78 is 6.56. The zero-order valence-electron chi connectivity index (χ0n) is 7.84. The fourth-order valence-corrected chi connectivity index (χ4v) is 0.882. The van der Waals surface area contributed by atoms with Gasteiger partial charge in [-0.15, -0.1) is 0 Å². The van der Waals surface area contributed by atoms with E-state index in [4.69, 9.17) is 15.7 Å². The van der Waals surface area contributed by atoms with Crippen molar-refractivity contribution < 1.29 is 9.94 Å². The lowest BCUT2D eigenvalue weighted by Crippen LogP contribution is -2.27. The molecule has 4 N–H and O–H groups in total. The lowest BCUT2D eigenvalue weighted by Gasteiger charge is -1.97. The molecule has 0 fully saturated rings. The molecule has 0 spiro atoms. The first-order valence-corrected chi connectivity index (χ1v) is 4.02. The van der Waals surface area contributed by atoms with Gasteiger partial charge in [0.15, 0.2) is 0 Å². The van der Waals surface area contributed by atoms with Crippen LogP contribution in [0.3, 0.4) is 0 Å². The molecule has 0 bridgehead atoms. The summed E-state index contributed by atoms with van der Waals surface area (Å²) in [5.41, 5.74) is 7.54. The molecule has 78 valence electrons. The molecule has 7 nitrogen and oxygen atoms in total. The summed E-state index contributed by atoms with van der Waals surface area (Å²) in [6, 6.07) is 0. The molecule has 0 aliphatic carbocycles. The third-order valence-corrected chi connectivity index (χ3v) is 1.51. The van der Waals surface area contributed by atoms with Crippen LogP contribution in [0.1, 0.15) is 0 Å². The molecule has 0 aliphatic rings.